The second kappa shape index (κ2) is 4.80. The van der Waals surface area contributed by atoms with Gasteiger partial charge in [0.15, 0.2) is 0 Å². The van der Waals surface area contributed by atoms with E-state index in [9.17, 15) is 0 Å². The zero-order valence-corrected chi connectivity index (χ0v) is 10.5. The van der Waals surface area contributed by atoms with Crippen LogP contribution >= 0.6 is 0 Å². The van der Waals surface area contributed by atoms with Crippen LogP contribution in [0.15, 0.2) is 24.5 Å². The molecule has 0 bridgehead atoms. The van der Waals surface area contributed by atoms with Crippen LogP contribution in [0.3, 0.4) is 0 Å². The smallest absolute Gasteiger partial charge is 0.139 e. The van der Waals surface area contributed by atoms with E-state index in [-0.39, 0.29) is 0 Å². The van der Waals surface area contributed by atoms with E-state index < -0.39 is 0 Å². The molecule has 0 spiro atoms. The molecule has 2 aromatic rings. The van der Waals surface area contributed by atoms with Crippen molar-refractivity contribution in [2.45, 2.75) is 25.7 Å². The molecule has 1 aliphatic heterocycles. The molecule has 18 heavy (non-hydrogen) atoms. The molecule has 2 heterocycles. The predicted molar refractivity (Wildman–Crippen MR) is 74.6 cm³/mol. The van der Waals surface area contributed by atoms with Crippen molar-refractivity contribution >= 4 is 22.4 Å². The first-order valence-electron chi connectivity index (χ1n) is 6.60. The summed E-state index contributed by atoms with van der Waals surface area (Å²) in [7, 11) is 0. The predicted octanol–water partition coefficient (Wildman–Crippen LogP) is 2.59. The van der Waals surface area contributed by atoms with Gasteiger partial charge < -0.3 is 10.6 Å². The van der Waals surface area contributed by atoms with E-state index in [0.29, 0.717) is 0 Å². The number of benzene rings is 1. The van der Waals surface area contributed by atoms with E-state index in [4.69, 9.17) is 5.73 Å². The first-order chi connectivity index (χ1) is 8.84. The van der Waals surface area contributed by atoms with Gasteiger partial charge in [0.1, 0.15) is 12.1 Å². The molecule has 0 atom stereocenters. The van der Waals surface area contributed by atoms with Crippen LogP contribution in [-0.4, -0.2) is 23.1 Å². The Kier molecular flexibility index (Phi) is 3.00. The Hall–Kier alpha value is -1.84. The highest BCUT2D eigenvalue weighted by molar-refractivity contribution is 5.91. The van der Waals surface area contributed by atoms with Gasteiger partial charge in [0.2, 0.25) is 0 Å². The molecule has 1 aliphatic rings. The van der Waals surface area contributed by atoms with Gasteiger partial charge >= 0.3 is 0 Å². The fraction of sp³-hybridized carbons (Fsp3) is 0.429. The summed E-state index contributed by atoms with van der Waals surface area (Å²) in [6.45, 7) is 2.19. The first kappa shape index (κ1) is 11.3. The van der Waals surface area contributed by atoms with Crippen molar-refractivity contribution in [3.8, 4) is 0 Å². The van der Waals surface area contributed by atoms with Crippen molar-refractivity contribution in [2.75, 3.05) is 23.7 Å². The Balaban J connectivity index is 2.04. The summed E-state index contributed by atoms with van der Waals surface area (Å²) in [4.78, 5) is 11.2. The number of anilines is 2. The van der Waals surface area contributed by atoms with Crippen LogP contribution in [0.5, 0.6) is 0 Å². The molecule has 94 valence electrons. The van der Waals surface area contributed by atoms with E-state index in [1.54, 1.807) is 6.33 Å². The maximum absolute atomic E-state index is 5.80. The number of hydrogen-bond donors (Lipinski definition) is 1. The van der Waals surface area contributed by atoms with Gasteiger partial charge in [0.25, 0.3) is 0 Å². The van der Waals surface area contributed by atoms with E-state index >= 15 is 0 Å². The molecule has 0 radical (unpaired) electrons. The molecule has 1 aromatic heterocycles. The first-order valence-corrected chi connectivity index (χ1v) is 6.60. The highest BCUT2D eigenvalue weighted by Crippen LogP contribution is 2.26. The maximum atomic E-state index is 5.80. The van der Waals surface area contributed by atoms with Crippen LogP contribution in [0.4, 0.5) is 11.5 Å². The minimum Gasteiger partial charge on any atom is -0.399 e. The second-order valence-corrected chi connectivity index (χ2v) is 4.88. The molecule has 0 saturated carbocycles. The number of fused-ring (bicyclic) bond motifs is 1. The molecule has 4 heteroatoms. The van der Waals surface area contributed by atoms with Crippen LogP contribution in [0, 0.1) is 0 Å². The molecule has 0 unspecified atom stereocenters. The fourth-order valence-corrected chi connectivity index (χ4v) is 2.59. The largest absolute Gasteiger partial charge is 0.399 e. The topological polar surface area (TPSA) is 55.0 Å². The Morgan fingerprint density at radius 3 is 2.56 bits per heavy atom. The summed E-state index contributed by atoms with van der Waals surface area (Å²) in [5, 5.41) is 1.11. The lowest BCUT2D eigenvalue weighted by molar-refractivity contribution is 0.726. The molecule has 0 amide bonds. The van der Waals surface area contributed by atoms with E-state index in [1.807, 2.05) is 18.2 Å². The summed E-state index contributed by atoms with van der Waals surface area (Å²) >= 11 is 0. The third kappa shape index (κ3) is 2.10. The monoisotopic (exact) mass is 242 g/mol. The summed E-state index contributed by atoms with van der Waals surface area (Å²) in [6.07, 6.45) is 6.79. The minimum absolute atomic E-state index is 0.753. The molecule has 1 saturated heterocycles. The Labute approximate surface area is 107 Å². The van der Waals surface area contributed by atoms with Crippen LogP contribution < -0.4 is 10.6 Å². The highest BCUT2D eigenvalue weighted by atomic mass is 15.2. The summed E-state index contributed by atoms with van der Waals surface area (Å²) in [5.74, 6) is 1.06. The van der Waals surface area contributed by atoms with Crippen molar-refractivity contribution < 1.29 is 0 Å². The van der Waals surface area contributed by atoms with Gasteiger partial charge in [-0.2, -0.15) is 0 Å². The maximum Gasteiger partial charge on any atom is 0.139 e. The summed E-state index contributed by atoms with van der Waals surface area (Å²) in [5.41, 5.74) is 7.49. The lowest BCUT2D eigenvalue weighted by atomic mass is 10.2. The zero-order chi connectivity index (χ0) is 12.4. The van der Waals surface area contributed by atoms with E-state index in [2.05, 4.69) is 14.9 Å². The molecule has 2 N–H and O–H groups in total. The van der Waals surface area contributed by atoms with Crippen LogP contribution in [0.1, 0.15) is 25.7 Å². The lowest BCUT2D eigenvalue weighted by Gasteiger charge is -2.22. The van der Waals surface area contributed by atoms with Gasteiger partial charge in [-0.1, -0.05) is 12.8 Å². The standard InChI is InChI=1S/C14H18N4/c15-11-5-6-12-13(9-11)16-10-17-14(12)18-7-3-1-2-4-8-18/h5-6,9-10H,1-4,7-8,15H2. The van der Waals surface area contributed by atoms with Crippen LogP contribution in [0.25, 0.3) is 10.9 Å². The fourth-order valence-electron chi connectivity index (χ4n) is 2.59. The zero-order valence-electron chi connectivity index (χ0n) is 10.5. The second-order valence-electron chi connectivity index (χ2n) is 4.88. The van der Waals surface area contributed by atoms with Crippen LogP contribution in [0.2, 0.25) is 0 Å². The van der Waals surface area contributed by atoms with Gasteiger partial charge in [-0.25, -0.2) is 9.97 Å². The molecular weight excluding hydrogens is 224 g/mol. The van der Waals surface area contributed by atoms with Crippen molar-refractivity contribution in [1.82, 2.24) is 9.97 Å². The number of nitrogens with zero attached hydrogens (tertiary/aromatic N) is 3. The van der Waals surface area contributed by atoms with Gasteiger partial charge in [0, 0.05) is 24.2 Å². The van der Waals surface area contributed by atoms with Gasteiger partial charge in [0.05, 0.1) is 5.52 Å². The molecule has 4 nitrogen and oxygen atoms in total. The molecule has 1 aromatic carbocycles. The summed E-state index contributed by atoms with van der Waals surface area (Å²) in [6, 6.07) is 5.87. The number of hydrogen-bond acceptors (Lipinski definition) is 4. The Morgan fingerprint density at radius 2 is 1.78 bits per heavy atom. The van der Waals surface area contributed by atoms with E-state index in [1.165, 1.54) is 25.7 Å². The number of nitrogen functional groups attached to an aromatic ring is 1. The molecule has 0 aliphatic carbocycles. The normalized spacial score (nSPS) is 16.8. The van der Waals surface area contributed by atoms with Crippen LogP contribution in [-0.2, 0) is 0 Å². The Morgan fingerprint density at radius 1 is 1.00 bits per heavy atom. The van der Waals surface area contributed by atoms with Gasteiger partial charge in [-0.3, -0.25) is 0 Å². The van der Waals surface area contributed by atoms with Crippen molar-refractivity contribution in [3.63, 3.8) is 0 Å². The summed E-state index contributed by atoms with van der Waals surface area (Å²) < 4.78 is 0. The van der Waals surface area contributed by atoms with Gasteiger partial charge in [-0.05, 0) is 31.0 Å². The molecule has 3 rings (SSSR count). The quantitative estimate of drug-likeness (QED) is 0.781. The Bertz CT molecular complexity index is 544. The molecular formula is C14H18N4. The van der Waals surface area contributed by atoms with Gasteiger partial charge in [-0.15, -0.1) is 0 Å². The molecule has 1 fully saturated rings. The van der Waals surface area contributed by atoms with Crippen molar-refractivity contribution in [1.29, 1.82) is 0 Å². The highest BCUT2D eigenvalue weighted by Gasteiger charge is 2.14. The number of nitrogens with two attached hydrogens (primary N) is 1. The van der Waals surface area contributed by atoms with Crippen molar-refractivity contribution in [3.05, 3.63) is 24.5 Å². The average molecular weight is 242 g/mol. The number of aromatic nitrogens is 2. The third-order valence-corrected chi connectivity index (χ3v) is 3.55. The van der Waals surface area contributed by atoms with Crippen molar-refractivity contribution in [2.24, 2.45) is 0 Å². The minimum atomic E-state index is 0.753. The average Bonchev–Trinajstić information content (AvgIpc) is 2.66. The van der Waals surface area contributed by atoms with E-state index in [0.717, 1.165) is 35.5 Å². The number of rotatable bonds is 1. The SMILES string of the molecule is Nc1ccc2c(N3CCCCCC3)ncnc2c1. The third-order valence-electron chi connectivity index (χ3n) is 3.55. The lowest BCUT2D eigenvalue weighted by Crippen LogP contribution is -2.25.